The van der Waals surface area contributed by atoms with Gasteiger partial charge in [0.25, 0.3) is 0 Å². The third kappa shape index (κ3) is 4.39. The van der Waals surface area contributed by atoms with Crippen LogP contribution in [0.5, 0.6) is 0 Å². The van der Waals surface area contributed by atoms with Crippen molar-refractivity contribution in [3.05, 3.63) is 12.2 Å². The predicted octanol–water partition coefficient (Wildman–Crippen LogP) is 0.484. The molecule has 0 aliphatic heterocycles. The fourth-order valence-corrected chi connectivity index (χ4v) is 0.652. The van der Waals surface area contributed by atoms with Gasteiger partial charge in [0.2, 0.25) is 0 Å². The molecule has 0 spiro atoms. The lowest BCUT2D eigenvalue weighted by Crippen LogP contribution is -2.23. The highest BCUT2D eigenvalue weighted by atomic mass is 16.5. The van der Waals surface area contributed by atoms with Crippen LogP contribution in [0.2, 0.25) is 0 Å². The molecule has 0 aromatic carbocycles. The Kier molecular flexibility index (Phi) is 5.30. The average Bonchev–Trinajstić information content (AvgIpc) is 2.22. The number of carbonyl (C=O) groups is 3. The van der Waals surface area contributed by atoms with E-state index in [0.29, 0.717) is 0 Å². The first-order chi connectivity index (χ1) is 6.90. The van der Waals surface area contributed by atoms with Crippen LogP contribution in [0.3, 0.4) is 0 Å². The summed E-state index contributed by atoms with van der Waals surface area (Å²) in [6.07, 6.45) is 0. The van der Waals surface area contributed by atoms with Crippen molar-refractivity contribution in [2.45, 2.75) is 13.8 Å². The lowest BCUT2D eigenvalue weighted by molar-refractivity contribution is -0.150. The van der Waals surface area contributed by atoms with E-state index < -0.39 is 17.9 Å². The predicted molar refractivity (Wildman–Crippen MR) is 52.0 cm³/mol. The first-order valence-electron chi connectivity index (χ1n) is 4.33. The number of carbonyl (C=O) groups excluding carboxylic acids is 3. The highest BCUT2D eigenvalue weighted by Crippen LogP contribution is 2.02. The summed E-state index contributed by atoms with van der Waals surface area (Å²) < 4.78 is 9.05. The second-order valence-electron chi connectivity index (χ2n) is 3.04. The molecular weight excluding hydrogens is 200 g/mol. The summed E-state index contributed by atoms with van der Waals surface area (Å²) in [4.78, 5) is 32.8. The molecule has 0 aromatic heterocycles. The topological polar surface area (TPSA) is 69.7 Å². The molecule has 5 heteroatoms. The maximum absolute atomic E-state index is 11.2. The lowest BCUT2D eigenvalue weighted by atomic mass is 10.1. The Balaban J connectivity index is 4.07. The Morgan fingerprint density at radius 2 is 1.87 bits per heavy atom. The Morgan fingerprint density at radius 1 is 1.33 bits per heavy atom. The van der Waals surface area contributed by atoms with E-state index in [1.54, 1.807) is 0 Å². The molecule has 84 valence electrons. The SMILES string of the molecule is C=C(COC(=O)C(C)C(C)=O)C(=O)OC. The van der Waals surface area contributed by atoms with E-state index in [9.17, 15) is 14.4 Å². The molecule has 0 N–H and O–H groups in total. The van der Waals surface area contributed by atoms with Crippen molar-refractivity contribution in [1.29, 1.82) is 0 Å². The Morgan fingerprint density at radius 3 is 2.27 bits per heavy atom. The Labute approximate surface area is 88.0 Å². The van der Waals surface area contributed by atoms with Crippen molar-refractivity contribution >= 4 is 17.7 Å². The minimum Gasteiger partial charge on any atom is -0.466 e. The lowest BCUT2D eigenvalue weighted by Gasteiger charge is -2.08. The van der Waals surface area contributed by atoms with Gasteiger partial charge in [0.1, 0.15) is 18.3 Å². The van der Waals surface area contributed by atoms with Crippen LogP contribution in [0.15, 0.2) is 12.2 Å². The number of Topliss-reactive ketones (excluding diaryl/α,β-unsaturated/α-hetero) is 1. The highest BCUT2D eigenvalue weighted by molar-refractivity contribution is 5.97. The molecule has 0 fully saturated rings. The molecule has 0 radical (unpaired) electrons. The number of ether oxygens (including phenoxy) is 2. The van der Waals surface area contributed by atoms with Gasteiger partial charge in [-0.05, 0) is 13.8 Å². The number of hydrogen-bond acceptors (Lipinski definition) is 5. The molecule has 0 heterocycles. The smallest absolute Gasteiger partial charge is 0.336 e. The fourth-order valence-electron chi connectivity index (χ4n) is 0.652. The van der Waals surface area contributed by atoms with Crippen molar-refractivity contribution in [1.82, 2.24) is 0 Å². The van der Waals surface area contributed by atoms with Gasteiger partial charge in [0.15, 0.2) is 0 Å². The van der Waals surface area contributed by atoms with Gasteiger partial charge in [-0.25, -0.2) is 4.79 Å². The second-order valence-corrected chi connectivity index (χ2v) is 3.04. The minimum atomic E-state index is -0.824. The Bertz CT molecular complexity index is 292. The van der Waals surface area contributed by atoms with Crippen molar-refractivity contribution in [2.75, 3.05) is 13.7 Å². The van der Waals surface area contributed by atoms with Crippen LogP contribution in [0, 0.1) is 5.92 Å². The zero-order valence-corrected chi connectivity index (χ0v) is 9.03. The third-order valence-electron chi connectivity index (χ3n) is 1.83. The van der Waals surface area contributed by atoms with E-state index in [1.807, 2.05) is 0 Å². The fraction of sp³-hybridized carbons (Fsp3) is 0.500. The molecule has 0 amide bonds. The summed E-state index contributed by atoms with van der Waals surface area (Å²) in [7, 11) is 1.20. The molecule has 0 aromatic rings. The monoisotopic (exact) mass is 214 g/mol. The molecule has 0 bridgehead atoms. The van der Waals surface area contributed by atoms with E-state index in [1.165, 1.54) is 21.0 Å². The van der Waals surface area contributed by atoms with Crippen LogP contribution in [0.1, 0.15) is 13.8 Å². The summed E-state index contributed by atoms with van der Waals surface area (Å²) in [6.45, 7) is 5.83. The van der Waals surface area contributed by atoms with Gasteiger partial charge in [-0.1, -0.05) is 6.58 Å². The molecule has 0 saturated heterocycles. The maximum Gasteiger partial charge on any atom is 0.336 e. The summed E-state index contributed by atoms with van der Waals surface area (Å²) in [5.74, 6) is -2.43. The van der Waals surface area contributed by atoms with Gasteiger partial charge in [-0.3, -0.25) is 9.59 Å². The van der Waals surface area contributed by atoms with E-state index in [4.69, 9.17) is 0 Å². The van der Waals surface area contributed by atoms with Crippen molar-refractivity contribution in [3.63, 3.8) is 0 Å². The molecule has 5 nitrogen and oxygen atoms in total. The molecule has 1 unspecified atom stereocenters. The Hall–Kier alpha value is -1.65. The van der Waals surface area contributed by atoms with Gasteiger partial charge in [0.05, 0.1) is 12.7 Å². The van der Waals surface area contributed by atoms with Crippen LogP contribution < -0.4 is 0 Å². The molecule has 0 aliphatic carbocycles. The molecule has 15 heavy (non-hydrogen) atoms. The van der Waals surface area contributed by atoms with E-state index in [2.05, 4.69) is 16.1 Å². The summed E-state index contributed by atoms with van der Waals surface area (Å²) in [6, 6.07) is 0. The zero-order valence-electron chi connectivity index (χ0n) is 9.03. The third-order valence-corrected chi connectivity index (χ3v) is 1.83. The van der Waals surface area contributed by atoms with Crippen LogP contribution >= 0.6 is 0 Å². The van der Waals surface area contributed by atoms with E-state index in [-0.39, 0.29) is 18.0 Å². The quantitative estimate of drug-likeness (QED) is 0.378. The van der Waals surface area contributed by atoms with Crippen LogP contribution in [-0.2, 0) is 23.9 Å². The summed E-state index contributed by atoms with van der Waals surface area (Å²) >= 11 is 0. The second kappa shape index (κ2) is 5.95. The number of rotatable bonds is 5. The summed E-state index contributed by atoms with van der Waals surface area (Å²) in [5, 5.41) is 0. The van der Waals surface area contributed by atoms with Gasteiger partial charge >= 0.3 is 11.9 Å². The van der Waals surface area contributed by atoms with Crippen molar-refractivity contribution < 1.29 is 23.9 Å². The number of hydrogen-bond donors (Lipinski definition) is 0. The van der Waals surface area contributed by atoms with Gasteiger partial charge in [-0.15, -0.1) is 0 Å². The van der Waals surface area contributed by atoms with E-state index in [0.717, 1.165) is 0 Å². The molecule has 0 rings (SSSR count). The van der Waals surface area contributed by atoms with E-state index >= 15 is 0 Å². The molecule has 0 saturated carbocycles. The first-order valence-corrected chi connectivity index (χ1v) is 4.33. The minimum absolute atomic E-state index is 0.0293. The van der Waals surface area contributed by atoms with Crippen LogP contribution in [0.25, 0.3) is 0 Å². The molecular formula is C10H14O5. The van der Waals surface area contributed by atoms with Crippen molar-refractivity contribution in [2.24, 2.45) is 5.92 Å². The van der Waals surface area contributed by atoms with Gasteiger partial charge in [-0.2, -0.15) is 0 Å². The molecule has 0 aliphatic rings. The number of esters is 2. The number of methoxy groups -OCH3 is 1. The maximum atomic E-state index is 11.2. The first kappa shape index (κ1) is 13.4. The van der Waals surface area contributed by atoms with Crippen molar-refractivity contribution in [3.8, 4) is 0 Å². The highest BCUT2D eigenvalue weighted by Gasteiger charge is 2.20. The molecule has 1 atom stereocenters. The zero-order chi connectivity index (χ0) is 12.0. The van der Waals surface area contributed by atoms with Gasteiger partial charge in [0, 0.05) is 0 Å². The van der Waals surface area contributed by atoms with Gasteiger partial charge < -0.3 is 9.47 Å². The largest absolute Gasteiger partial charge is 0.466 e. The number of ketones is 1. The summed E-state index contributed by atoms with van der Waals surface area (Å²) in [5.41, 5.74) is 0.0293. The van der Waals surface area contributed by atoms with Crippen LogP contribution in [0.4, 0.5) is 0 Å². The standard InChI is InChI=1S/C10H14O5/c1-6(9(12)14-4)5-15-10(13)7(2)8(3)11/h7H,1,5H2,2-4H3. The average molecular weight is 214 g/mol. The normalized spacial score (nSPS) is 11.4. The van der Waals surface area contributed by atoms with Crippen LogP contribution in [-0.4, -0.2) is 31.4 Å².